The quantitative estimate of drug-likeness (QED) is 0.243. The normalized spacial score (nSPS) is 25.5. The summed E-state index contributed by atoms with van der Waals surface area (Å²) in [5.74, 6) is -2.05. The van der Waals surface area contributed by atoms with E-state index in [4.69, 9.17) is 15.0 Å². The smallest absolute Gasteiger partial charge is 0.198 e. The van der Waals surface area contributed by atoms with Crippen LogP contribution in [-0.2, 0) is 9.47 Å². The summed E-state index contributed by atoms with van der Waals surface area (Å²) in [5.41, 5.74) is 8.56. The van der Waals surface area contributed by atoms with E-state index in [2.05, 4.69) is 10.0 Å². The summed E-state index contributed by atoms with van der Waals surface area (Å²) in [7, 11) is 0. The first-order valence-corrected chi connectivity index (χ1v) is 10.0. The molecule has 0 spiro atoms. The maximum Gasteiger partial charge on any atom is 0.198 e. The van der Waals surface area contributed by atoms with E-state index >= 15 is 0 Å². The lowest BCUT2D eigenvalue weighted by atomic mass is 9.81. The fourth-order valence-corrected chi connectivity index (χ4v) is 4.18. The highest BCUT2D eigenvalue weighted by Gasteiger charge is 2.38. The summed E-state index contributed by atoms with van der Waals surface area (Å²) < 4.78 is 11.5. The minimum atomic E-state index is -0.994. The molecule has 4 rings (SSSR count). The Morgan fingerprint density at radius 3 is 2.44 bits per heavy atom. The SMILES string of the molecule is C[C@H](O[C@H]1C[C@H](N=[N+]=[N-])[C@H](O)[C@H](C)O1)c1cc(O)c2c(c1O)C(=O)c1ccccc1C2=O. The number of rotatable bonds is 4. The van der Waals surface area contributed by atoms with Crippen LogP contribution in [0.4, 0.5) is 0 Å². The second-order valence-corrected chi connectivity index (χ2v) is 7.83. The molecule has 0 radical (unpaired) electrons. The van der Waals surface area contributed by atoms with Gasteiger partial charge in [0.15, 0.2) is 17.9 Å². The number of carbonyl (C=O) groups excluding carboxylic acids is 2. The summed E-state index contributed by atoms with van der Waals surface area (Å²) in [5, 5.41) is 35.1. The number of fused-ring (bicyclic) bond motifs is 2. The molecular weight excluding hydrogens is 418 g/mol. The number of aliphatic hydroxyl groups excluding tert-OH is 1. The molecule has 32 heavy (non-hydrogen) atoms. The Morgan fingerprint density at radius 2 is 1.81 bits per heavy atom. The third-order valence-corrected chi connectivity index (χ3v) is 5.85. The van der Waals surface area contributed by atoms with Gasteiger partial charge in [0.2, 0.25) is 0 Å². The largest absolute Gasteiger partial charge is 0.507 e. The summed E-state index contributed by atoms with van der Waals surface area (Å²) >= 11 is 0. The molecule has 0 saturated carbocycles. The molecule has 2 aromatic carbocycles. The highest BCUT2D eigenvalue weighted by molar-refractivity contribution is 6.30. The van der Waals surface area contributed by atoms with E-state index in [1.54, 1.807) is 26.0 Å². The lowest BCUT2D eigenvalue weighted by Gasteiger charge is -2.37. The van der Waals surface area contributed by atoms with Crippen LogP contribution in [0, 0.1) is 0 Å². The summed E-state index contributed by atoms with van der Waals surface area (Å²) in [6.45, 7) is 3.18. The predicted octanol–water partition coefficient (Wildman–Crippen LogP) is 3.13. The van der Waals surface area contributed by atoms with Crippen LogP contribution in [0.1, 0.15) is 63.8 Å². The number of benzene rings is 2. The van der Waals surface area contributed by atoms with Crippen LogP contribution in [0.2, 0.25) is 0 Å². The van der Waals surface area contributed by atoms with E-state index in [-0.39, 0.29) is 34.2 Å². The summed E-state index contributed by atoms with van der Waals surface area (Å²) in [4.78, 5) is 28.6. The van der Waals surface area contributed by atoms with Crippen LogP contribution in [-0.4, -0.2) is 51.4 Å². The van der Waals surface area contributed by atoms with Gasteiger partial charge in [-0.25, -0.2) is 0 Å². The van der Waals surface area contributed by atoms with E-state index < -0.39 is 53.7 Å². The van der Waals surface area contributed by atoms with E-state index in [9.17, 15) is 24.9 Å². The van der Waals surface area contributed by atoms with Crippen molar-refractivity contribution in [2.75, 3.05) is 0 Å². The van der Waals surface area contributed by atoms with E-state index in [1.807, 2.05) is 0 Å². The zero-order valence-corrected chi connectivity index (χ0v) is 17.3. The minimum absolute atomic E-state index is 0.0718. The molecule has 0 amide bonds. The number of nitrogens with zero attached hydrogens (tertiary/aromatic N) is 3. The molecule has 0 unspecified atom stereocenters. The molecule has 10 heteroatoms. The number of hydrogen-bond acceptors (Lipinski definition) is 8. The van der Waals surface area contributed by atoms with Crippen molar-refractivity contribution in [2.24, 2.45) is 5.11 Å². The van der Waals surface area contributed by atoms with Crippen LogP contribution < -0.4 is 0 Å². The Bertz CT molecular complexity index is 1160. The highest BCUT2D eigenvalue weighted by atomic mass is 16.7. The lowest BCUT2D eigenvalue weighted by Crippen LogP contribution is -2.46. The maximum atomic E-state index is 13.0. The first-order chi connectivity index (χ1) is 15.2. The molecule has 1 aliphatic heterocycles. The average Bonchev–Trinajstić information content (AvgIpc) is 2.76. The van der Waals surface area contributed by atoms with E-state index in [0.717, 1.165) is 0 Å². The number of ether oxygens (including phenoxy) is 2. The van der Waals surface area contributed by atoms with E-state index in [0.29, 0.717) is 0 Å². The van der Waals surface area contributed by atoms with E-state index in [1.165, 1.54) is 18.2 Å². The van der Waals surface area contributed by atoms with Crippen molar-refractivity contribution >= 4 is 11.6 Å². The molecule has 1 heterocycles. The van der Waals surface area contributed by atoms with Gasteiger partial charge in [-0.3, -0.25) is 9.59 Å². The Hall–Kier alpha value is -3.43. The molecular formula is C22H21N3O7. The zero-order valence-electron chi connectivity index (χ0n) is 17.3. The van der Waals surface area contributed by atoms with Crippen LogP contribution in [0.5, 0.6) is 11.5 Å². The third kappa shape index (κ3) is 3.49. The number of aromatic hydroxyl groups is 2. The van der Waals surface area contributed by atoms with Gasteiger partial charge in [0.05, 0.1) is 35.5 Å². The Morgan fingerprint density at radius 1 is 1.19 bits per heavy atom. The molecule has 10 nitrogen and oxygen atoms in total. The number of azide groups is 1. The number of phenols is 2. The predicted molar refractivity (Wildman–Crippen MR) is 110 cm³/mol. The van der Waals surface area contributed by atoms with Gasteiger partial charge >= 0.3 is 0 Å². The number of aliphatic hydroxyl groups is 1. The Kier molecular flexibility index (Phi) is 5.62. The molecule has 1 fully saturated rings. The fraction of sp³-hybridized carbons (Fsp3) is 0.364. The molecule has 3 N–H and O–H groups in total. The van der Waals surface area contributed by atoms with Gasteiger partial charge in [0.1, 0.15) is 11.5 Å². The number of phenolic OH excluding ortho intramolecular Hbond substituents is 2. The summed E-state index contributed by atoms with van der Waals surface area (Å²) in [6.07, 6.45) is -3.34. The molecule has 2 aliphatic rings. The first-order valence-electron chi connectivity index (χ1n) is 10.0. The third-order valence-electron chi connectivity index (χ3n) is 5.85. The standard InChI is InChI=1S/C22H21N3O7/c1-9(31-16-8-14(24-25-23)19(27)10(2)32-16)13-7-15(26)17-18(22(13)30)21(29)12-6-4-3-5-11(12)20(17)28/h3-7,9-10,14,16,19,26-27,30H,8H2,1-2H3/t9-,10-,14-,16+,19+/m0/s1. The molecule has 0 bridgehead atoms. The van der Waals surface area contributed by atoms with Crippen LogP contribution >= 0.6 is 0 Å². The highest BCUT2D eigenvalue weighted by Crippen LogP contribution is 2.43. The fourth-order valence-electron chi connectivity index (χ4n) is 4.18. The van der Waals surface area contributed by atoms with Gasteiger partial charge in [-0.1, -0.05) is 29.4 Å². The van der Waals surface area contributed by atoms with Crippen molar-refractivity contribution in [3.63, 3.8) is 0 Å². The summed E-state index contributed by atoms with van der Waals surface area (Å²) in [6, 6.07) is 6.62. The number of ketones is 2. The molecule has 1 aliphatic carbocycles. The van der Waals surface area contributed by atoms with Gasteiger partial charge in [-0.15, -0.1) is 0 Å². The minimum Gasteiger partial charge on any atom is -0.507 e. The topological polar surface area (TPSA) is 162 Å². The zero-order chi connectivity index (χ0) is 23.2. The second kappa shape index (κ2) is 8.25. The van der Waals surface area contributed by atoms with Crippen molar-refractivity contribution in [3.05, 3.63) is 68.6 Å². The molecule has 166 valence electrons. The second-order valence-electron chi connectivity index (χ2n) is 7.83. The van der Waals surface area contributed by atoms with Gasteiger partial charge in [0.25, 0.3) is 0 Å². The monoisotopic (exact) mass is 439 g/mol. The van der Waals surface area contributed by atoms with Crippen molar-refractivity contribution in [1.82, 2.24) is 0 Å². The lowest BCUT2D eigenvalue weighted by molar-refractivity contribution is -0.238. The number of carbonyl (C=O) groups is 2. The van der Waals surface area contributed by atoms with Gasteiger partial charge in [0, 0.05) is 28.0 Å². The molecule has 2 aromatic rings. The van der Waals surface area contributed by atoms with Crippen LogP contribution in [0.15, 0.2) is 35.4 Å². The average molecular weight is 439 g/mol. The molecule has 0 aromatic heterocycles. The maximum absolute atomic E-state index is 13.0. The first kappa shape index (κ1) is 21.8. The van der Waals surface area contributed by atoms with Crippen LogP contribution in [0.3, 0.4) is 0 Å². The molecule has 5 atom stereocenters. The van der Waals surface area contributed by atoms with Crippen LogP contribution in [0.25, 0.3) is 10.4 Å². The number of hydrogen-bond donors (Lipinski definition) is 3. The Labute approximate surface area is 182 Å². The molecule has 1 saturated heterocycles. The van der Waals surface area contributed by atoms with Crippen molar-refractivity contribution < 1.29 is 34.4 Å². The van der Waals surface area contributed by atoms with Gasteiger partial charge < -0.3 is 24.8 Å². The van der Waals surface area contributed by atoms with Gasteiger partial charge in [-0.05, 0) is 25.4 Å². The Balaban J connectivity index is 1.67. The van der Waals surface area contributed by atoms with Crippen molar-refractivity contribution in [3.8, 4) is 11.5 Å². The van der Waals surface area contributed by atoms with Crippen molar-refractivity contribution in [1.29, 1.82) is 0 Å². The van der Waals surface area contributed by atoms with Crippen molar-refractivity contribution in [2.45, 2.75) is 50.9 Å². The van der Waals surface area contributed by atoms with Gasteiger partial charge in [-0.2, -0.15) is 0 Å².